The molecule has 0 N–H and O–H groups in total. The molecule has 0 bridgehead atoms. The SMILES string of the molecule is CN(Cc1nc(-c2cccs2)no1)C(=O)COc1ccccc1C(C)(C)C. The number of benzene rings is 1. The predicted octanol–water partition coefficient (Wildman–Crippen LogP) is 4.13. The first-order valence-corrected chi connectivity index (χ1v) is 9.55. The van der Waals surface area contributed by atoms with Crippen LogP contribution in [0.25, 0.3) is 10.7 Å². The third-order valence-corrected chi connectivity index (χ3v) is 4.92. The summed E-state index contributed by atoms with van der Waals surface area (Å²) in [7, 11) is 1.69. The lowest BCUT2D eigenvalue weighted by molar-refractivity contribution is -0.132. The number of rotatable bonds is 6. The van der Waals surface area contributed by atoms with E-state index in [1.54, 1.807) is 7.05 Å². The van der Waals surface area contributed by atoms with Crippen molar-refractivity contribution in [2.24, 2.45) is 0 Å². The minimum atomic E-state index is -0.158. The summed E-state index contributed by atoms with van der Waals surface area (Å²) in [4.78, 5) is 19.2. The first-order valence-electron chi connectivity index (χ1n) is 8.67. The summed E-state index contributed by atoms with van der Waals surface area (Å²) in [6.07, 6.45) is 0. The smallest absolute Gasteiger partial charge is 0.260 e. The highest BCUT2D eigenvalue weighted by molar-refractivity contribution is 7.13. The Balaban J connectivity index is 1.59. The van der Waals surface area contributed by atoms with Crippen LogP contribution in [0, 0.1) is 0 Å². The molecule has 27 heavy (non-hydrogen) atoms. The molecule has 0 aliphatic carbocycles. The van der Waals surface area contributed by atoms with Gasteiger partial charge in [-0.25, -0.2) is 0 Å². The zero-order chi connectivity index (χ0) is 19.4. The van der Waals surface area contributed by atoms with Crippen molar-refractivity contribution in [1.82, 2.24) is 15.0 Å². The molecular formula is C20H23N3O3S. The molecule has 0 aliphatic heterocycles. The molecule has 0 radical (unpaired) electrons. The Labute approximate surface area is 162 Å². The molecule has 0 fully saturated rings. The second-order valence-corrected chi connectivity index (χ2v) is 8.22. The number of amides is 1. The Morgan fingerprint density at radius 1 is 1.22 bits per heavy atom. The van der Waals surface area contributed by atoms with E-state index < -0.39 is 0 Å². The second-order valence-electron chi connectivity index (χ2n) is 7.27. The van der Waals surface area contributed by atoms with Crippen LogP contribution in [0.5, 0.6) is 5.75 Å². The van der Waals surface area contributed by atoms with E-state index in [2.05, 4.69) is 30.9 Å². The van der Waals surface area contributed by atoms with Gasteiger partial charge in [-0.05, 0) is 28.5 Å². The minimum absolute atomic E-state index is 0.0461. The van der Waals surface area contributed by atoms with Crippen LogP contribution in [-0.2, 0) is 16.8 Å². The summed E-state index contributed by atoms with van der Waals surface area (Å²) in [6, 6.07) is 11.6. The van der Waals surface area contributed by atoms with Gasteiger partial charge in [0.05, 0.1) is 11.4 Å². The quantitative estimate of drug-likeness (QED) is 0.638. The molecule has 1 amide bonds. The van der Waals surface area contributed by atoms with Gasteiger partial charge in [-0.1, -0.05) is 50.2 Å². The largest absolute Gasteiger partial charge is 0.483 e. The van der Waals surface area contributed by atoms with Crippen LogP contribution in [0.15, 0.2) is 46.3 Å². The lowest BCUT2D eigenvalue weighted by atomic mass is 9.86. The van der Waals surface area contributed by atoms with Gasteiger partial charge in [0.25, 0.3) is 5.91 Å². The predicted molar refractivity (Wildman–Crippen MR) is 105 cm³/mol. The number of aromatic nitrogens is 2. The number of para-hydroxylation sites is 1. The average Bonchev–Trinajstić information content (AvgIpc) is 3.30. The molecule has 0 unspecified atom stereocenters. The van der Waals surface area contributed by atoms with Crippen LogP contribution in [0.2, 0.25) is 0 Å². The van der Waals surface area contributed by atoms with Crippen molar-refractivity contribution in [3.8, 4) is 16.5 Å². The average molecular weight is 385 g/mol. The molecule has 3 rings (SSSR count). The molecule has 3 aromatic rings. The standard InChI is InChI=1S/C20H23N3O3S/c1-20(2,3)14-8-5-6-9-15(14)25-13-18(24)23(4)12-17-21-19(22-26-17)16-10-7-11-27-16/h5-11H,12-13H2,1-4H3. The van der Waals surface area contributed by atoms with Crippen LogP contribution < -0.4 is 4.74 Å². The molecule has 2 aromatic heterocycles. The van der Waals surface area contributed by atoms with Gasteiger partial charge < -0.3 is 14.2 Å². The van der Waals surface area contributed by atoms with Gasteiger partial charge in [0.2, 0.25) is 11.7 Å². The van der Waals surface area contributed by atoms with Crippen molar-refractivity contribution < 1.29 is 14.1 Å². The first kappa shape index (κ1) is 19.1. The summed E-state index contributed by atoms with van der Waals surface area (Å²) in [6.45, 7) is 6.54. The highest BCUT2D eigenvalue weighted by Gasteiger charge is 2.20. The molecule has 7 heteroatoms. The van der Waals surface area contributed by atoms with Crippen molar-refractivity contribution in [2.75, 3.05) is 13.7 Å². The van der Waals surface area contributed by atoms with E-state index in [0.717, 1.165) is 16.2 Å². The van der Waals surface area contributed by atoms with E-state index >= 15 is 0 Å². The lowest BCUT2D eigenvalue weighted by Gasteiger charge is -2.23. The maximum atomic E-state index is 12.4. The third-order valence-electron chi connectivity index (χ3n) is 4.05. The normalized spacial score (nSPS) is 11.4. The summed E-state index contributed by atoms with van der Waals surface area (Å²) in [5.41, 5.74) is 1.01. The topological polar surface area (TPSA) is 68.5 Å². The maximum absolute atomic E-state index is 12.4. The van der Waals surface area contributed by atoms with Gasteiger partial charge in [-0.3, -0.25) is 4.79 Å². The zero-order valence-corrected chi connectivity index (χ0v) is 16.7. The highest BCUT2D eigenvalue weighted by Crippen LogP contribution is 2.31. The summed E-state index contributed by atoms with van der Waals surface area (Å²) in [5.74, 6) is 1.50. The van der Waals surface area contributed by atoms with Crippen LogP contribution in [0.4, 0.5) is 0 Å². The number of ether oxygens (including phenoxy) is 1. The van der Waals surface area contributed by atoms with Gasteiger partial charge in [-0.2, -0.15) is 4.98 Å². The highest BCUT2D eigenvalue weighted by atomic mass is 32.1. The Morgan fingerprint density at radius 2 is 2.00 bits per heavy atom. The number of hydrogen-bond acceptors (Lipinski definition) is 6. The molecular weight excluding hydrogens is 362 g/mol. The number of likely N-dealkylation sites (N-methyl/N-ethyl adjacent to an activating group) is 1. The van der Waals surface area contributed by atoms with Crippen molar-refractivity contribution in [3.63, 3.8) is 0 Å². The van der Waals surface area contributed by atoms with Gasteiger partial charge in [-0.15, -0.1) is 11.3 Å². The summed E-state index contributed by atoms with van der Waals surface area (Å²) >= 11 is 1.54. The van der Waals surface area contributed by atoms with E-state index in [9.17, 15) is 4.79 Å². The van der Waals surface area contributed by atoms with Crippen molar-refractivity contribution in [2.45, 2.75) is 32.7 Å². The molecule has 6 nitrogen and oxygen atoms in total. The van der Waals surface area contributed by atoms with Gasteiger partial charge in [0, 0.05) is 7.05 Å². The van der Waals surface area contributed by atoms with Crippen LogP contribution in [0.3, 0.4) is 0 Å². The van der Waals surface area contributed by atoms with E-state index in [1.807, 2.05) is 41.8 Å². The fraction of sp³-hybridized carbons (Fsp3) is 0.350. The molecule has 0 saturated carbocycles. The van der Waals surface area contributed by atoms with E-state index in [-0.39, 0.29) is 24.5 Å². The maximum Gasteiger partial charge on any atom is 0.260 e. The van der Waals surface area contributed by atoms with Crippen molar-refractivity contribution >= 4 is 17.2 Å². The van der Waals surface area contributed by atoms with E-state index in [0.29, 0.717) is 11.7 Å². The molecule has 0 spiro atoms. The summed E-state index contributed by atoms with van der Waals surface area (Å²) < 4.78 is 11.0. The van der Waals surface area contributed by atoms with Crippen molar-refractivity contribution in [3.05, 3.63) is 53.2 Å². The minimum Gasteiger partial charge on any atom is -0.483 e. The van der Waals surface area contributed by atoms with Crippen LogP contribution in [-0.4, -0.2) is 34.6 Å². The third kappa shape index (κ3) is 4.74. The Bertz CT molecular complexity index is 897. The van der Waals surface area contributed by atoms with Crippen molar-refractivity contribution in [1.29, 1.82) is 0 Å². The Kier molecular flexibility index (Phi) is 5.60. The number of carbonyl (C=O) groups is 1. The first-order chi connectivity index (χ1) is 12.8. The molecule has 142 valence electrons. The summed E-state index contributed by atoms with van der Waals surface area (Å²) in [5, 5.41) is 5.91. The Hall–Kier alpha value is -2.67. The zero-order valence-electron chi connectivity index (χ0n) is 15.9. The van der Waals surface area contributed by atoms with Gasteiger partial charge in [0.15, 0.2) is 6.61 Å². The van der Waals surface area contributed by atoms with Gasteiger partial charge >= 0.3 is 0 Å². The number of hydrogen-bond donors (Lipinski definition) is 0. The number of carbonyl (C=O) groups excluding carboxylic acids is 1. The van der Waals surface area contributed by atoms with Crippen LogP contribution in [0.1, 0.15) is 32.2 Å². The number of nitrogens with zero attached hydrogens (tertiary/aromatic N) is 3. The molecule has 2 heterocycles. The van der Waals surface area contributed by atoms with E-state index in [4.69, 9.17) is 9.26 Å². The van der Waals surface area contributed by atoms with Gasteiger partial charge in [0.1, 0.15) is 5.75 Å². The Morgan fingerprint density at radius 3 is 2.70 bits per heavy atom. The fourth-order valence-electron chi connectivity index (χ4n) is 2.58. The second kappa shape index (κ2) is 7.92. The molecule has 1 aromatic carbocycles. The monoisotopic (exact) mass is 385 g/mol. The molecule has 0 aliphatic rings. The lowest BCUT2D eigenvalue weighted by Crippen LogP contribution is -2.31. The fourth-order valence-corrected chi connectivity index (χ4v) is 3.23. The number of thiophene rings is 1. The molecule has 0 saturated heterocycles. The van der Waals surface area contributed by atoms with Crippen LogP contribution >= 0.6 is 11.3 Å². The molecule has 0 atom stereocenters. The van der Waals surface area contributed by atoms with E-state index in [1.165, 1.54) is 16.2 Å².